The van der Waals surface area contributed by atoms with Crippen LogP contribution in [0.15, 0.2) is 18.2 Å². The fraction of sp³-hybridized carbons (Fsp3) is 0.562. The second-order valence-electron chi connectivity index (χ2n) is 6.21. The van der Waals surface area contributed by atoms with Crippen molar-refractivity contribution in [3.8, 4) is 5.75 Å². The Hall–Kier alpha value is -1.52. The van der Waals surface area contributed by atoms with Crippen LogP contribution < -0.4 is 4.74 Å². The summed E-state index contributed by atoms with van der Waals surface area (Å²) in [7, 11) is 0. The number of aryl methyl sites for hydroxylation is 1. The number of rotatable bonds is 2. The molecule has 5 heteroatoms. The average molecular weight is 298 g/mol. The zero-order chi connectivity index (χ0) is 15.3. The molecule has 1 aromatic carbocycles. The van der Waals surface area contributed by atoms with E-state index in [0.29, 0.717) is 17.7 Å². The number of carbonyl (C=O) groups is 1. The SMILES string of the molecule is Cc1ccc2c(c1)C(=O)[C@@H](CC1(C(F)(F)F)CCC1)CO2. The second kappa shape index (κ2) is 4.75. The zero-order valence-electron chi connectivity index (χ0n) is 11.8. The smallest absolute Gasteiger partial charge is 0.394 e. The summed E-state index contributed by atoms with van der Waals surface area (Å²) < 4.78 is 45.2. The fourth-order valence-electron chi connectivity index (χ4n) is 3.28. The summed E-state index contributed by atoms with van der Waals surface area (Å²) in [5, 5.41) is 0. The van der Waals surface area contributed by atoms with Crippen LogP contribution in [-0.4, -0.2) is 18.6 Å². The molecule has 1 fully saturated rings. The number of hydrogen-bond donors (Lipinski definition) is 0. The van der Waals surface area contributed by atoms with E-state index >= 15 is 0 Å². The van der Waals surface area contributed by atoms with Crippen LogP contribution in [0.5, 0.6) is 5.75 Å². The van der Waals surface area contributed by atoms with Gasteiger partial charge in [-0.2, -0.15) is 13.2 Å². The highest BCUT2D eigenvalue weighted by molar-refractivity contribution is 6.01. The molecular formula is C16H17F3O2. The largest absolute Gasteiger partial charge is 0.492 e. The molecule has 1 saturated carbocycles. The monoisotopic (exact) mass is 298 g/mol. The first-order valence-corrected chi connectivity index (χ1v) is 7.17. The van der Waals surface area contributed by atoms with Crippen molar-refractivity contribution in [3.63, 3.8) is 0 Å². The van der Waals surface area contributed by atoms with Gasteiger partial charge in [0.2, 0.25) is 0 Å². The standard InChI is InChI=1S/C16H17F3O2/c1-10-3-4-13-12(7-10)14(20)11(9-21-13)8-15(5-2-6-15)16(17,18)19/h3-4,7,11H,2,5-6,8-9H2,1H3/t11-/m0/s1. The van der Waals surface area contributed by atoms with Crippen molar-refractivity contribution in [1.82, 2.24) is 0 Å². The average Bonchev–Trinajstić information content (AvgIpc) is 2.35. The molecule has 0 amide bonds. The molecule has 0 bridgehead atoms. The lowest BCUT2D eigenvalue weighted by Crippen LogP contribution is -2.47. The van der Waals surface area contributed by atoms with Gasteiger partial charge in [-0.05, 0) is 38.3 Å². The van der Waals surface area contributed by atoms with E-state index in [4.69, 9.17) is 4.74 Å². The molecule has 0 unspecified atom stereocenters. The summed E-state index contributed by atoms with van der Waals surface area (Å²) in [6.07, 6.45) is -3.56. The first-order chi connectivity index (χ1) is 9.82. The minimum Gasteiger partial charge on any atom is -0.492 e. The maximum absolute atomic E-state index is 13.2. The Morgan fingerprint density at radius 1 is 1.33 bits per heavy atom. The van der Waals surface area contributed by atoms with Crippen LogP contribution in [0, 0.1) is 18.3 Å². The number of fused-ring (bicyclic) bond motifs is 1. The molecule has 0 spiro atoms. The molecule has 1 heterocycles. The Morgan fingerprint density at radius 3 is 2.62 bits per heavy atom. The number of halogens is 3. The zero-order valence-corrected chi connectivity index (χ0v) is 11.8. The highest BCUT2D eigenvalue weighted by Crippen LogP contribution is 2.57. The Kier molecular flexibility index (Phi) is 3.26. The van der Waals surface area contributed by atoms with E-state index in [1.54, 1.807) is 12.1 Å². The Labute approximate surface area is 121 Å². The van der Waals surface area contributed by atoms with Gasteiger partial charge in [0.25, 0.3) is 0 Å². The lowest BCUT2D eigenvalue weighted by molar-refractivity contribution is -0.256. The molecule has 1 aliphatic heterocycles. The van der Waals surface area contributed by atoms with Gasteiger partial charge in [0.1, 0.15) is 5.75 Å². The van der Waals surface area contributed by atoms with Crippen molar-refractivity contribution < 1.29 is 22.7 Å². The molecule has 0 N–H and O–H groups in total. The summed E-state index contributed by atoms with van der Waals surface area (Å²) >= 11 is 0. The molecule has 1 atom stereocenters. The molecule has 0 aromatic heterocycles. The first kappa shape index (κ1) is 14.4. The van der Waals surface area contributed by atoms with Crippen molar-refractivity contribution >= 4 is 5.78 Å². The van der Waals surface area contributed by atoms with Gasteiger partial charge in [-0.1, -0.05) is 18.1 Å². The Balaban J connectivity index is 1.84. The van der Waals surface area contributed by atoms with Crippen molar-refractivity contribution in [2.24, 2.45) is 11.3 Å². The molecule has 0 radical (unpaired) electrons. The third kappa shape index (κ3) is 2.32. The van der Waals surface area contributed by atoms with E-state index in [9.17, 15) is 18.0 Å². The van der Waals surface area contributed by atoms with Crippen LogP contribution in [0.1, 0.15) is 41.6 Å². The predicted molar refractivity (Wildman–Crippen MR) is 71.5 cm³/mol. The fourth-order valence-corrected chi connectivity index (χ4v) is 3.28. The highest BCUT2D eigenvalue weighted by Gasteiger charge is 2.59. The predicted octanol–water partition coefficient (Wildman–Crippen LogP) is 4.31. The van der Waals surface area contributed by atoms with E-state index in [1.165, 1.54) is 0 Å². The van der Waals surface area contributed by atoms with Gasteiger partial charge < -0.3 is 4.74 Å². The van der Waals surface area contributed by atoms with Gasteiger partial charge in [0.15, 0.2) is 5.78 Å². The van der Waals surface area contributed by atoms with E-state index in [-0.39, 0.29) is 31.7 Å². The maximum Gasteiger partial charge on any atom is 0.394 e. The van der Waals surface area contributed by atoms with Gasteiger partial charge >= 0.3 is 6.18 Å². The summed E-state index contributed by atoms with van der Waals surface area (Å²) in [4.78, 5) is 12.5. The second-order valence-corrected chi connectivity index (χ2v) is 6.21. The van der Waals surface area contributed by atoms with Crippen LogP contribution >= 0.6 is 0 Å². The number of carbonyl (C=O) groups excluding carboxylic acids is 1. The summed E-state index contributed by atoms with van der Waals surface area (Å²) in [5.74, 6) is -0.423. The van der Waals surface area contributed by atoms with Crippen molar-refractivity contribution in [2.45, 2.75) is 38.8 Å². The van der Waals surface area contributed by atoms with Crippen LogP contribution in [0.4, 0.5) is 13.2 Å². The van der Waals surface area contributed by atoms with E-state index in [2.05, 4.69) is 0 Å². The van der Waals surface area contributed by atoms with Crippen LogP contribution in [-0.2, 0) is 0 Å². The molecule has 21 heavy (non-hydrogen) atoms. The molecular weight excluding hydrogens is 281 g/mol. The van der Waals surface area contributed by atoms with Gasteiger partial charge in [-0.25, -0.2) is 0 Å². The normalized spacial score (nSPS) is 24.0. The Morgan fingerprint density at radius 2 is 2.05 bits per heavy atom. The maximum atomic E-state index is 13.2. The van der Waals surface area contributed by atoms with E-state index in [1.807, 2.05) is 13.0 Å². The molecule has 1 aromatic rings. The quantitative estimate of drug-likeness (QED) is 0.813. The highest BCUT2D eigenvalue weighted by atomic mass is 19.4. The molecule has 2 aliphatic rings. The Bertz CT molecular complexity index is 573. The topological polar surface area (TPSA) is 26.3 Å². The summed E-state index contributed by atoms with van der Waals surface area (Å²) in [6, 6.07) is 5.24. The third-order valence-electron chi connectivity index (χ3n) is 4.76. The van der Waals surface area contributed by atoms with Crippen LogP contribution in [0.2, 0.25) is 0 Å². The number of ether oxygens (including phenoxy) is 1. The molecule has 1 aliphatic carbocycles. The van der Waals surface area contributed by atoms with Crippen molar-refractivity contribution in [3.05, 3.63) is 29.3 Å². The number of alkyl halides is 3. The van der Waals surface area contributed by atoms with Gasteiger partial charge in [-0.15, -0.1) is 0 Å². The van der Waals surface area contributed by atoms with Gasteiger partial charge in [0.05, 0.1) is 23.5 Å². The first-order valence-electron chi connectivity index (χ1n) is 7.17. The van der Waals surface area contributed by atoms with Crippen LogP contribution in [0.25, 0.3) is 0 Å². The minimum atomic E-state index is -4.24. The molecule has 0 saturated heterocycles. The molecule has 2 nitrogen and oxygen atoms in total. The van der Waals surface area contributed by atoms with Crippen molar-refractivity contribution in [2.75, 3.05) is 6.61 Å². The molecule has 3 rings (SSSR count). The minimum absolute atomic E-state index is 0.0483. The summed E-state index contributed by atoms with van der Waals surface area (Å²) in [5.41, 5.74) is -0.360. The van der Waals surface area contributed by atoms with E-state index < -0.39 is 17.5 Å². The number of benzene rings is 1. The van der Waals surface area contributed by atoms with Crippen LogP contribution in [0.3, 0.4) is 0 Å². The number of Topliss-reactive ketones (excluding diaryl/α,β-unsaturated/α-hetero) is 1. The third-order valence-corrected chi connectivity index (χ3v) is 4.76. The van der Waals surface area contributed by atoms with E-state index in [0.717, 1.165) is 5.56 Å². The van der Waals surface area contributed by atoms with Crippen molar-refractivity contribution in [1.29, 1.82) is 0 Å². The van der Waals surface area contributed by atoms with Gasteiger partial charge in [0, 0.05) is 0 Å². The summed E-state index contributed by atoms with van der Waals surface area (Å²) in [6.45, 7) is 1.90. The van der Waals surface area contributed by atoms with Gasteiger partial charge in [-0.3, -0.25) is 4.79 Å². The lowest BCUT2D eigenvalue weighted by Gasteiger charge is -2.45. The molecule has 114 valence electrons. The number of ketones is 1. The lowest BCUT2D eigenvalue weighted by atomic mass is 9.63. The number of hydrogen-bond acceptors (Lipinski definition) is 2.